The molecule has 1 amide bonds. The first-order chi connectivity index (χ1) is 14.2. The lowest BCUT2D eigenvalue weighted by molar-refractivity contribution is -0.122. The van der Waals surface area contributed by atoms with E-state index in [1.807, 2.05) is 19.1 Å². The first-order valence-electron chi connectivity index (χ1n) is 10.9. The number of rotatable bonds is 5. The van der Waals surface area contributed by atoms with Crippen molar-refractivity contribution in [2.24, 2.45) is 0 Å². The first kappa shape index (κ1) is 18.2. The zero-order chi connectivity index (χ0) is 19.8. The topological polar surface area (TPSA) is 38.3 Å². The summed E-state index contributed by atoms with van der Waals surface area (Å²) in [6, 6.07) is 16.9. The zero-order valence-corrected chi connectivity index (χ0v) is 17.0. The van der Waals surface area contributed by atoms with Crippen molar-refractivity contribution in [1.29, 1.82) is 0 Å². The molecule has 29 heavy (non-hydrogen) atoms. The fourth-order valence-electron chi connectivity index (χ4n) is 4.84. The third-order valence-corrected chi connectivity index (χ3v) is 6.40. The average Bonchev–Trinajstić information content (AvgIpc) is 3.18. The molecule has 1 N–H and O–H groups in total. The predicted molar refractivity (Wildman–Crippen MR) is 118 cm³/mol. The smallest absolute Gasteiger partial charge is 0.265 e. The molecule has 0 unspecified atom stereocenters. The summed E-state index contributed by atoms with van der Waals surface area (Å²) in [7, 11) is 0. The summed E-state index contributed by atoms with van der Waals surface area (Å²) in [4.78, 5) is 13.0. The number of ether oxygens (including phenoxy) is 1. The quantitative estimate of drug-likeness (QED) is 0.620. The summed E-state index contributed by atoms with van der Waals surface area (Å²) in [6.07, 6.45) is 7.06. The number of benzene rings is 3. The van der Waals surface area contributed by atoms with Crippen molar-refractivity contribution in [3.63, 3.8) is 0 Å². The molecule has 0 radical (unpaired) electrons. The first-order valence-corrected chi connectivity index (χ1v) is 10.9. The molecule has 2 aliphatic rings. The van der Waals surface area contributed by atoms with E-state index in [2.05, 4.69) is 41.7 Å². The van der Waals surface area contributed by atoms with Crippen molar-refractivity contribution < 1.29 is 9.53 Å². The van der Waals surface area contributed by atoms with Crippen molar-refractivity contribution in [3.05, 3.63) is 70.8 Å². The summed E-state index contributed by atoms with van der Waals surface area (Å²) in [5.41, 5.74) is 6.44. The molecule has 3 aromatic rings. The van der Waals surface area contributed by atoms with E-state index in [-0.39, 0.29) is 5.91 Å². The van der Waals surface area contributed by atoms with Gasteiger partial charge >= 0.3 is 0 Å². The van der Waals surface area contributed by atoms with E-state index >= 15 is 0 Å². The third kappa shape index (κ3) is 3.39. The van der Waals surface area contributed by atoms with E-state index in [9.17, 15) is 4.79 Å². The molecule has 0 saturated carbocycles. The lowest BCUT2D eigenvalue weighted by Gasteiger charge is -2.21. The Morgan fingerprint density at radius 3 is 2.52 bits per heavy atom. The Labute approximate surface area is 172 Å². The second kappa shape index (κ2) is 7.55. The van der Waals surface area contributed by atoms with Crippen LogP contribution in [0.15, 0.2) is 48.5 Å². The van der Waals surface area contributed by atoms with Gasteiger partial charge in [0.05, 0.1) is 0 Å². The minimum atomic E-state index is -0.500. The largest absolute Gasteiger partial charge is 0.481 e. The van der Waals surface area contributed by atoms with Gasteiger partial charge in [-0.2, -0.15) is 0 Å². The van der Waals surface area contributed by atoms with Gasteiger partial charge in [0.1, 0.15) is 5.75 Å². The Morgan fingerprint density at radius 1 is 0.931 bits per heavy atom. The Kier molecular flexibility index (Phi) is 4.75. The van der Waals surface area contributed by atoms with E-state index in [0.29, 0.717) is 6.42 Å². The van der Waals surface area contributed by atoms with Crippen LogP contribution in [0, 0.1) is 0 Å². The lowest BCUT2D eigenvalue weighted by Crippen LogP contribution is -2.32. The van der Waals surface area contributed by atoms with E-state index < -0.39 is 6.10 Å². The minimum absolute atomic E-state index is 0.0797. The highest BCUT2D eigenvalue weighted by atomic mass is 16.5. The fourth-order valence-corrected chi connectivity index (χ4v) is 4.84. The molecule has 3 nitrogen and oxygen atoms in total. The molecule has 0 aliphatic heterocycles. The molecular weight excluding hydrogens is 358 g/mol. The van der Waals surface area contributed by atoms with Gasteiger partial charge < -0.3 is 10.1 Å². The monoisotopic (exact) mass is 385 g/mol. The molecule has 148 valence electrons. The van der Waals surface area contributed by atoms with Crippen LogP contribution in [0.1, 0.15) is 48.4 Å². The molecule has 0 aromatic heterocycles. The second-order valence-electron chi connectivity index (χ2n) is 8.25. The van der Waals surface area contributed by atoms with Crippen LogP contribution in [0.4, 0.5) is 5.69 Å². The van der Waals surface area contributed by atoms with Crippen LogP contribution in [0.5, 0.6) is 5.75 Å². The molecule has 0 bridgehead atoms. The summed E-state index contributed by atoms with van der Waals surface area (Å²) < 4.78 is 6.12. The Bertz CT molecular complexity index is 1080. The summed E-state index contributed by atoms with van der Waals surface area (Å²) in [5, 5.41) is 5.58. The van der Waals surface area contributed by atoms with Crippen LogP contribution >= 0.6 is 0 Å². The maximum absolute atomic E-state index is 13.0. The average molecular weight is 386 g/mol. The van der Waals surface area contributed by atoms with Crippen molar-refractivity contribution >= 4 is 22.4 Å². The summed E-state index contributed by atoms with van der Waals surface area (Å²) in [5.74, 6) is 0.719. The predicted octanol–water partition coefficient (Wildman–Crippen LogP) is 5.61. The Hall–Kier alpha value is -2.81. The molecule has 0 fully saturated rings. The number of amides is 1. The van der Waals surface area contributed by atoms with Gasteiger partial charge in [0.25, 0.3) is 5.91 Å². The van der Waals surface area contributed by atoms with E-state index in [0.717, 1.165) is 42.5 Å². The number of nitrogens with one attached hydrogen (secondary N) is 1. The van der Waals surface area contributed by atoms with Gasteiger partial charge in [-0.15, -0.1) is 0 Å². The zero-order valence-electron chi connectivity index (χ0n) is 17.0. The Balaban J connectivity index is 1.37. The number of carbonyl (C=O) groups is 1. The number of hydrogen-bond donors (Lipinski definition) is 1. The van der Waals surface area contributed by atoms with Crippen LogP contribution in [0.3, 0.4) is 0 Å². The van der Waals surface area contributed by atoms with E-state index in [1.54, 1.807) is 0 Å². The van der Waals surface area contributed by atoms with Crippen LogP contribution in [-0.2, 0) is 30.5 Å². The SMILES string of the molecule is CC[C@H](Oc1ccc2c(c1)CCCC2)C(=O)Nc1ccc2c3c(cccc13)CC2. The molecule has 5 rings (SSSR count). The highest BCUT2D eigenvalue weighted by molar-refractivity contribution is 6.06. The van der Waals surface area contributed by atoms with Gasteiger partial charge in [-0.25, -0.2) is 0 Å². The van der Waals surface area contributed by atoms with Gasteiger partial charge in [-0.3, -0.25) is 4.79 Å². The van der Waals surface area contributed by atoms with Crippen LogP contribution in [0.2, 0.25) is 0 Å². The molecule has 2 aliphatic carbocycles. The molecule has 0 heterocycles. The molecule has 0 saturated heterocycles. The molecule has 1 atom stereocenters. The number of hydrogen-bond acceptors (Lipinski definition) is 2. The molecular formula is C26H27NO2. The maximum atomic E-state index is 13.0. The lowest BCUT2D eigenvalue weighted by atomic mass is 9.92. The summed E-state index contributed by atoms with van der Waals surface area (Å²) >= 11 is 0. The third-order valence-electron chi connectivity index (χ3n) is 6.40. The Morgan fingerprint density at radius 2 is 1.69 bits per heavy atom. The molecule has 3 aromatic carbocycles. The van der Waals surface area contributed by atoms with Gasteiger partial charge in [-0.05, 0) is 90.8 Å². The fraction of sp³-hybridized carbons (Fsp3) is 0.346. The van der Waals surface area contributed by atoms with Crippen LogP contribution in [0.25, 0.3) is 10.8 Å². The highest BCUT2D eigenvalue weighted by Crippen LogP contribution is 2.35. The van der Waals surface area contributed by atoms with Gasteiger partial charge in [0, 0.05) is 11.1 Å². The van der Waals surface area contributed by atoms with Gasteiger partial charge in [0.15, 0.2) is 6.10 Å². The number of aryl methyl sites for hydroxylation is 4. The standard InChI is InChI=1S/C26H27NO2/c1-2-24(29-21-14-12-17-6-3-4-7-20(17)16-21)26(28)27-23-15-13-19-11-10-18-8-5-9-22(23)25(18)19/h5,8-9,12-16,24H,2-4,6-7,10-11H2,1H3,(H,27,28)/t24-/m0/s1. The van der Waals surface area contributed by atoms with E-state index in [4.69, 9.17) is 4.74 Å². The van der Waals surface area contributed by atoms with Crippen molar-refractivity contribution in [2.45, 2.75) is 58.0 Å². The molecule has 3 heteroatoms. The second-order valence-corrected chi connectivity index (χ2v) is 8.25. The van der Waals surface area contributed by atoms with Crippen molar-refractivity contribution in [1.82, 2.24) is 0 Å². The van der Waals surface area contributed by atoms with E-state index in [1.165, 1.54) is 40.5 Å². The van der Waals surface area contributed by atoms with Gasteiger partial charge in [-0.1, -0.05) is 37.3 Å². The number of carbonyl (C=O) groups excluding carboxylic acids is 1. The maximum Gasteiger partial charge on any atom is 0.265 e. The van der Waals surface area contributed by atoms with Crippen LogP contribution in [-0.4, -0.2) is 12.0 Å². The number of fused-ring (bicyclic) bond motifs is 1. The normalized spacial score (nSPS) is 15.8. The van der Waals surface area contributed by atoms with Crippen LogP contribution < -0.4 is 10.1 Å². The summed E-state index contributed by atoms with van der Waals surface area (Å²) in [6.45, 7) is 2.00. The van der Waals surface area contributed by atoms with Crippen molar-refractivity contribution in [2.75, 3.05) is 5.32 Å². The van der Waals surface area contributed by atoms with Crippen molar-refractivity contribution in [3.8, 4) is 5.75 Å². The highest BCUT2D eigenvalue weighted by Gasteiger charge is 2.22. The number of anilines is 1. The molecule has 0 spiro atoms. The minimum Gasteiger partial charge on any atom is -0.481 e. The van der Waals surface area contributed by atoms with Gasteiger partial charge in [0.2, 0.25) is 0 Å².